The van der Waals surface area contributed by atoms with Crippen LogP contribution in [0.15, 0.2) is 52.3 Å². The first kappa shape index (κ1) is 22.1. The van der Waals surface area contributed by atoms with E-state index in [4.69, 9.17) is 4.74 Å². The summed E-state index contributed by atoms with van der Waals surface area (Å²) in [6, 6.07) is 13.9. The molecule has 1 N–H and O–H groups in total. The van der Waals surface area contributed by atoms with E-state index in [0.29, 0.717) is 11.6 Å². The van der Waals surface area contributed by atoms with Gasteiger partial charge in [-0.1, -0.05) is 48.2 Å². The highest BCUT2D eigenvalue weighted by Gasteiger charge is 2.23. The Balaban J connectivity index is 1.27. The summed E-state index contributed by atoms with van der Waals surface area (Å²) in [5, 5.41) is 5.83. The molecule has 1 fully saturated rings. The maximum atomic E-state index is 12.8. The van der Waals surface area contributed by atoms with E-state index >= 15 is 0 Å². The molecule has 1 aliphatic heterocycles. The molecule has 7 nitrogen and oxygen atoms in total. The highest BCUT2D eigenvalue weighted by atomic mass is 32.2. The monoisotopic (exact) mass is 464 g/mol. The number of hydrogen-bond donors (Lipinski definition) is 1. The lowest BCUT2D eigenvalue weighted by molar-refractivity contribution is -0.113. The fourth-order valence-corrected chi connectivity index (χ4v) is 5.53. The van der Waals surface area contributed by atoms with Crippen molar-refractivity contribution in [3.05, 3.63) is 64.2 Å². The second-order valence-electron chi connectivity index (χ2n) is 8.45. The molecule has 1 amide bonds. The van der Waals surface area contributed by atoms with Crippen LogP contribution in [0.4, 0.5) is 5.69 Å². The van der Waals surface area contributed by atoms with Crippen molar-refractivity contribution in [2.75, 3.05) is 43.9 Å². The third-order valence-corrected chi connectivity index (χ3v) is 7.37. The van der Waals surface area contributed by atoms with Gasteiger partial charge >= 0.3 is 5.69 Å². The molecule has 0 spiro atoms. The lowest BCUT2D eigenvalue weighted by Gasteiger charge is -2.27. The number of carbonyl (C=O) groups excluding carboxylic acids is 1. The molecule has 0 unspecified atom stereocenters. The van der Waals surface area contributed by atoms with Gasteiger partial charge in [-0.2, -0.15) is 4.98 Å². The van der Waals surface area contributed by atoms with Crippen LogP contribution in [-0.2, 0) is 28.9 Å². The highest BCUT2D eigenvalue weighted by molar-refractivity contribution is 8.00. The number of nitrogens with zero attached hydrogens (tertiary/aromatic N) is 3. The fourth-order valence-electron chi connectivity index (χ4n) is 4.66. The number of hydrogen-bond acceptors (Lipinski definition) is 6. The summed E-state index contributed by atoms with van der Waals surface area (Å²) in [6.07, 6.45) is 2.83. The molecule has 33 heavy (non-hydrogen) atoms. The average Bonchev–Trinajstić information content (AvgIpc) is 3.33. The molecule has 8 heteroatoms. The number of morpholine rings is 1. The Hall–Kier alpha value is -2.68. The number of carbonyl (C=O) groups is 1. The van der Waals surface area contributed by atoms with Gasteiger partial charge in [0.25, 0.3) is 0 Å². The number of rotatable bonds is 7. The summed E-state index contributed by atoms with van der Waals surface area (Å²) in [7, 11) is 0. The van der Waals surface area contributed by atoms with Gasteiger partial charge in [-0.15, -0.1) is 0 Å². The van der Waals surface area contributed by atoms with Crippen molar-refractivity contribution in [2.24, 2.45) is 0 Å². The maximum Gasteiger partial charge on any atom is 0.348 e. The summed E-state index contributed by atoms with van der Waals surface area (Å²) in [4.78, 5) is 32.3. The van der Waals surface area contributed by atoms with E-state index in [-0.39, 0.29) is 17.3 Å². The van der Waals surface area contributed by atoms with Gasteiger partial charge in [0, 0.05) is 48.5 Å². The van der Waals surface area contributed by atoms with Gasteiger partial charge in [0.15, 0.2) is 0 Å². The first-order valence-corrected chi connectivity index (χ1v) is 12.5. The van der Waals surface area contributed by atoms with Crippen LogP contribution in [0, 0.1) is 0 Å². The minimum atomic E-state index is -0.208. The zero-order chi connectivity index (χ0) is 22.6. The normalized spacial score (nSPS) is 16.1. The standard InChI is InChI=1S/C25H28N4O3S/c30-23(26-21-9-3-6-18-5-1-2-7-19(18)21)17-33-24-20-8-4-10-22(20)29(25(31)27-24)12-11-28-13-15-32-16-14-28/h1-3,5-7,9H,4,8,10-17H2,(H,26,30). The smallest absolute Gasteiger partial charge is 0.348 e. The van der Waals surface area contributed by atoms with Crippen LogP contribution in [0.2, 0.25) is 0 Å². The minimum absolute atomic E-state index is 0.0959. The third-order valence-electron chi connectivity index (χ3n) is 6.35. The molecule has 1 aliphatic carbocycles. The van der Waals surface area contributed by atoms with Gasteiger partial charge in [-0.05, 0) is 30.7 Å². The summed E-state index contributed by atoms with van der Waals surface area (Å²) in [5.74, 6) is 0.126. The minimum Gasteiger partial charge on any atom is -0.379 e. The third kappa shape index (κ3) is 4.98. The predicted molar refractivity (Wildman–Crippen MR) is 131 cm³/mol. The van der Waals surface area contributed by atoms with Crippen LogP contribution in [-0.4, -0.2) is 59.0 Å². The van der Waals surface area contributed by atoms with Crippen molar-refractivity contribution in [1.82, 2.24) is 14.5 Å². The quantitative estimate of drug-likeness (QED) is 0.428. The summed E-state index contributed by atoms with van der Waals surface area (Å²) in [6.45, 7) is 4.80. The Labute approximate surface area is 197 Å². The molecule has 0 saturated carbocycles. The topological polar surface area (TPSA) is 76.5 Å². The van der Waals surface area contributed by atoms with E-state index in [2.05, 4.69) is 15.2 Å². The number of aromatic nitrogens is 2. The Morgan fingerprint density at radius 3 is 2.76 bits per heavy atom. The van der Waals surface area contributed by atoms with Crippen LogP contribution in [0.1, 0.15) is 17.7 Å². The lowest BCUT2D eigenvalue weighted by atomic mass is 10.1. The van der Waals surface area contributed by atoms with E-state index in [0.717, 1.165) is 79.8 Å². The number of nitrogens with one attached hydrogen (secondary N) is 1. The second-order valence-corrected chi connectivity index (χ2v) is 9.41. The molecule has 2 aromatic carbocycles. The van der Waals surface area contributed by atoms with E-state index in [1.165, 1.54) is 11.8 Å². The molecule has 2 aliphatic rings. The molecule has 172 valence electrons. The zero-order valence-electron chi connectivity index (χ0n) is 18.6. The van der Waals surface area contributed by atoms with E-state index in [1.54, 1.807) is 0 Å². The zero-order valence-corrected chi connectivity index (χ0v) is 19.4. The summed E-state index contributed by atoms with van der Waals surface area (Å²) < 4.78 is 7.26. The van der Waals surface area contributed by atoms with Crippen LogP contribution in [0.5, 0.6) is 0 Å². The predicted octanol–water partition coefficient (Wildman–Crippen LogP) is 2.95. The molecular weight excluding hydrogens is 436 g/mol. The van der Waals surface area contributed by atoms with E-state index in [1.807, 2.05) is 47.0 Å². The molecule has 1 saturated heterocycles. The Kier molecular flexibility index (Phi) is 6.75. The van der Waals surface area contributed by atoms with Gasteiger partial charge in [-0.25, -0.2) is 4.79 Å². The van der Waals surface area contributed by atoms with Gasteiger partial charge in [0.2, 0.25) is 5.91 Å². The van der Waals surface area contributed by atoms with Gasteiger partial charge in [0.1, 0.15) is 5.03 Å². The highest BCUT2D eigenvalue weighted by Crippen LogP contribution is 2.30. The van der Waals surface area contributed by atoms with Crippen molar-refractivity contribution >= 4 is 34.1 Å². The Morgan fingerprint density at radius 2 is 1.88 bits per heavy atom. The van der Waals surface area contributed by atoms with Crippen LogP contribution in [0.3, 0.4) is 0 Å². The van der Waals surface area contributed by atoms with Crippen molar-refractivity contribution < 1.29 is 9.53 Å². The maximum absolute atomic E-state index is 12.8. The van der Waals surface area contributed by atoms with Crippen molar-refractivity contribution in [1.29, 1.82) is 0 Å². The van der Waals surface area contributed by atoms with Crippen LogP contribution < -0.4 is 11.0 Å². The number of fused-ring (bicyclic) bond motifs is 2. The van der Waals surface area contributed by atoms with E-state index < -0.39 is 0 Å². The van der Waals surface area contributed by atoms with Gasteiger partial charge in [0.05, 0.1) is 19.0 Å². The van der Waals surface area contributed by atoms with Crippen molar-refractivity contribution in [2.45, 2.75) is 30.8 Å². The Morgan fingerprint density at radius 1 is 1.06 bits per heavy atom. The average molecular weight is 465 g/mol. The SMILES string of the molecule is O=C(CSc1nc(=O)n(CCN2CCOCC2)c2c1CCC2)Nc1cccc2ccccc12. The molecule has 1 aromatic heterocycles. The molecule has 5 rings (SSSR count). The van der Waals surface area contributed by atoms with Crippen molar-refractivity contribution in [3.8, 4) is 0 Å². The van der Waals surface area contributed by atoms with Gasteiger partial charge in [-0.3, -0.25) is 14.3 Å². The first-order chi connectivity index (χ1) is 16.2. The number of thioether (sulfide) groups is 1. The van der Waals surface area contributed by atoms with Gasteiger partial charge < -0.3 is 10.1 Å². The largest absolute Gasteiger partial charge is 0.379 e. The molecule has 0 bridgehead atoms. The molecule has 3 aromatic rings. The summed E-state index contributed by atoms with van der Waals surface area (Å²) >= 11 is 1.36. The summed E-state index contributed by atoms with van der Waals surface area (Å²) in [5.41, 5.74) is 2.83. The molecule has 0 radical (unpaired) electrons. The molecular formula is C25H28N4O3S. The number of benzene rings is 2. The number of ether oxygens (including phenoxy) is 1. The van der Waals surface area contributed by atoms with E-state index in [9.17, 15) is 9.59 Å². The number of anilines is 1. The lowest BCUT2D eigenvalue weighted by Crippen LogP contribution is -2.40. The second kappa shape index (κ2) is 10.1. The van der Waals surface area contributed by atoms with Crippen molar-refractivity contribution in [3.63, 3.8) is 0 Å². The molecule has 2 heterocycles. The van der Waals surface area contributed by atoms with Crippen LogP contribution >= 0.6 is 11.8 Å². The fraction of sp³-hybridized carbons (Fsp3) is 0.400. The Bertz CT molecular complexity index is 1210. The first-order valence-electron chi connectivity index (χ1n) is 11.5. The molecule has 0 atom stereocenters. The van der Waals surface area contributed by atoms with Crippen LogP contribution in [0.25, 0.3) is 10.8 Å². The number of amides is 1.